The van der Waals surface area contributed by atoms with Crippen LogP contribution < -0.4 is 9.04 Å². The van der Waals surface area contributed by atoms with Gasteiger partial charge >= 0.3 is 24.5 Å². The van der Waals surface area contributed by atoms with Gasteiger partial charge < -0.3 is 28.3 Å². The van der Waals surface area contributed by atoms with Crippen LogP contribution >= 0.6 is 0 Å². The zero-order valence-corrected chi connectivity index (χ0v) is 38.4. The van der Waals surface area contributed by atoms with E-state index in [9.17, 15) is 36.0 Å². The normalized spacial score (nSPS) is 13.5. The van der Waals surface area contributed by atoms with Crippen molar-refractivity contribution in [2.24, 2.45) is 0 Å². The SMILES string of the molecule is CC[Si](CC)(CC)O[C@@H](CN(CCOc1ccc2c(C(F)(F)F)nn(C(=O)OC(C)(C)C)c2c1)C(=O)OC(C)(C)C)c1ccc(F)c(N(C(=O)OC(C)(C)C)S(C)(=O)=O)c1. The van der Waals surface area contributed by atoms with Gasteiger partial charge in [-0.15, -0.1) is 0 Å². The number of hydrogen-bond acceptors (Lipinski definition) is 11. The fraction of sp³-hybridized carbons (Fsp3) is 0.600. The molecule has 2 aromatic carbocycles. The number of hydrogen-bond donors (Lipinski definition) is 0. The molecule has 1 aromatic heterocycles. The van der Waals surface area contributed by atoms with E-state index in [1.165, 1.54) is 49.9 Å². The molecule has 0 radical (unpaired) electrons. The molecule has 20 heteroatoms. The van der Waals surface area contributed by atoms with E-state index < -0.39 is 82.9 Å². The van der Waals surface area contributed by atoms with E-state index in [0.29, 0.717) is 22.8 Å². The Morgan fingerprint density at radius 3 is 1.87 bits per heavy atom. The number of amides is 2. The average molecular weight is 891 g/mol. The van der Waals surface area contributed by atoms with Crippen molar-refractivity contribution in [1.29, 1.82) is 0 Å². The molecule has 0 spiro atoms. The highest BCUT2D eigenvalue weighted by Crippen LogP contribution is 2.37. The smallest absolute Gasteiger partial charge is 0.435 e. The second-order valence-electron chi connectivity index (χ2n) is 17.3. The van der Waals surface area contributed by atoms with Gasteiger partial charge in [0.2, 0.25) is 10.0 Å². The third-order valence-electron chi connectivity index (χ3n) is 8.93. The Bertz CT molecular complexity index is 2110. The maximum Gasteiger partial charge on any atom is 0.435 e. The number of alkyl halides is 3. The molecule has 60 heavy (non-hydrogen) atoms. The van der Waals surface area contributed by atoms with E-state index in [4.69, 9.17) is 23.4 Å². The van der Waals surface area contributed by atoms with Gasteiger partial charge in [-0.25, -0.2) is 27.2 Å². The molecule has 14 nitrogen and oxygen atoms in total. The molecule has 2 amide bonds. The number of ether oxygens (including phenoxy) is 4. The van der Waals surface area contributed by atoms with Gasteiger partial charge in [0, 0.05) is 11.5 Å². The van der Waals surface area contributed by atoms with Gasteiger partial charge in [-0.05, 0) is 110 Å². The first kappa shape index (κ1) is 49.9. The zero-order chi connectivity index (χ0) is 45.8. The monoisotopic (exact) mass is 890 g/mol. The lowest BCUT2D eigenvalue weighted by Gasteiger charge is -2.37. The van der Waals surface area contributed by atoms with Crippen molar-refractivity contribution < 1.29 is 63.7 Å². The van der Waals surface area contributed by atoms with Crippen LogP contribution in [0.25, 0.3) is 10.9 Å². The van der Waals surface area contributed by atoms with Gasteiger partial charge in [-0.2, -0.15) is 27.3 Å². The lowest BCUT2D eigenvalue weighted by molar-refractivity contribution is -0.140. The van der Waals surface area contributed by atoms with Crippen LogP contribution in [0.1, 0.15) is 100 Å². The largest absolute Gasteiger partial charge is 0.492 e. The van der Waals surface area contributed by atoms with E-state index in [2.05, 4.69) is 5.10 Å². The van der Waals surface area contributed by atoms with Gasteiger partial charge in [-0.3, -0.25) is 0 Å². The van der Waals surface area contributed by atoms with Crippen LogP contribution in [-0.2, 0) is 34.8 Å². The maximum absolute atomic E-state index is 15.6. The van der Waals surface area contributed by atoms with Crippen LogP contribution in [0, 0.1) is 5.82 Å². The predicted octanol–water partition coefficient (Wildman–Crippen LogP) is 10.1. The number of carbonyl (C=O) groups is 3. The van der Waals surface area contributed by atoms with E-state index >= 15 is 4.39 Å². The van der Waals surface area contributed by atoms with Crippen LogP contribution in [0.3, 0.4) is 0 Å². The predicted molar refractivity (Wildman–Crippen MR) is 221 cm³/mol. The first-order valence-corrected chi connectivity index (χ1v) is 23.9. The Morgan fingerprint density at radius 1 is 0.817 bits per heavy atom. The Hall–Kier alpha value is -4.43. The van der Waals surface area contributed by atoms with Crippen molar-refractivity contribution in [2.45, 2.75) is 130 Å². The number of rotatable bonds is 14. The first-order chi connectivity index (χ1) is 27.3. The second kappa shape index (κ2) is 18.7. The Labute approximate surface area is 350 Å². The number of fused-ring (bicyclic) bond motifs is 1. The Morgan fingerprint density at radius 2 is 1.37 bits per heavy atom. The number of anilines is 1. The quantitative estimate of drug-likeness (QED) is 0.0862. The van der Waals surface area contributed by atoms with Crippen molar-refractivity contribution in [3.05, 3.63) is 53.5 Å². The molecule has 336 valence electrons. The van der Waals surface area contributed by atoms with E-state index in [1.54, 1.807) is 41.5 Å². The van der Waals surface area contributed by atoms with Gasteiger partial charge in [0.1, 0.15) is 35.0 Å². The molecule has 0 aliphatic heterocycles. The topological polar surface area (TPSA) is 156 Å². The lowest BCUT2D eigenvalue weighted by atomic mass is 10.1. The van der Waals surface area contributed by atoms with E-state index in [1.807, 2.05) is 20.8 Å². The minimum atomic E-state index is -4.89. The van der Waals surface area contributed by atoms with Crippen LogP contribution in [0.15, 0.2) is 36.4 Å². The summed E-state index contributed by atoms with van der Waals surface area (Å²) < 4.78 is 113. The summed E-state index contributed by atoms with van der Waals surface area (Å²) in [6.07, 6.45) is -8.42. The second-order valence-corrected chi connectivity index (χ2v) is 23.8. The molecular formula is C40H58F4N4O10SSi. The molecule has 0 unspecified atom stereocenters. The molecule has 3 rings (SSSR count). The molecule has 1 atom stereocenters. The maximum atomic E-state index is 15.6. The van der Waals surface area contributed by atoms with Crippen LogP contribution in [-0.4, -0.2) is 92.5 Å². The van der Waals surface area contributed by atoms with Gasteiger partial charge in [0.05, 0.1) is 36.7 Å². The number of carbonyl (C=O) groups excluding carboxylic acids is 3. The van der Waals surface area contributed by atoms with Crippen molar-refractivity contribution in [1.82, 2.24) is 14.7 Å². The van der Waals surface area contributed by atoms with Crippen molar-refractivity contribution in [2.75, 3.05) is 30.3 Å². The molecular weight excluding hydrogens is 833 g/mol. The minimum absolute atomic E-state index is 0.0402. The van der Waals surface area contributed by atoms with Crippen molar-refractivity contribution in [3.8, 4) is 5.75 Å². The number of benzene rings is 2. The van der Waals surface area contributed by atoms with Crippen LogP contribution in [0.5, 0.6) is 5.75 Å². The van der Waals surface area contributed by atoms with Crippen molar-refractivity contribution in [3.63, 3.8) is 0 Å². The number of aromatic nitrogens is 2. The summed E-state index contributed by atoms with van der Waals surface area (Å²) in [5, 5.41) is 3.15. The number of nitrogens with zero attached hydrogens (tertiary/aromatic N) is 4. The molecule has 0 saturated carbocycles. The third-order valence-corrected chi connectivity index (χ3v) is 14.6. The lowest BCUT2D eigenvalue weighted by Crippen LogP contribution is -2.45. The summed E-state index contributed by atoms with van der Waals surface area (Å²) >= 11 is 0. The van der Waals surface area contributed by atoms with Crippen LogP contribution in [0.4, 0.5) is 37.6 Å². The van der Waals surface area contributed by atoms with Crippen molar-refractivity contribution >= 4 is 53.2 Å². The highest BCUT2D eigenvalue weighted by atomic mass is 32.2. The van der Waals surface area contributed by atoms with Gasteiger partial charge in [-0.1, -0.05) is 26.8 Å². The Kier molecular flexibility index (Phi) is 15.5. The molecule has 0 fully saturated rings. The molecule has 0 N–H and O–H groups in total. The number of sulfonamides is 1. The van der Waals surface area contributed by atoms with Crippen LogP contribution in [0.2, 0.25) is 18.1 Å². The Balaban J connectivity index is 2.11. The summed E-state index contributed by atoms with van der Waals surface area (Å²) in [7, 11) is -7.00. The van der Waals surface area contributed by atoms with E-state index in [0.717, 1.165) is 18.4 Å². The molecule has 3 aromatic rings. The molecule has 0 saturated heterocycles. The summed E-state index contributed by atoms with van der Waals surface area (Å²) in [6.45, 7) is 19.5. The average Bonchev–Trinajstić information content (AvgIpc) is 3.48. The molecule has 1 heterocycles. The fourth-order valence-electron chi connectivity index (χ4n) is 6.01. The summed E-state index contributed by atoms with van der Waals surface area (Å²) in [5.74, 6) is -0.998. The molecule has 0 aliphatic rings. The fourth-order valence-corrected chi connectivity index (χ4v) is 9.63. The summed E-state index contributed by atoms with van der Waals surface area (Å²) in [5.41, 5.74) is -5.02. The van der Waals surface area contributed by atoms with Gasteiger partial charge in [0.25, 0.3) is 0 Å². The number of halogens is 4. The summed E-state index contributed by atoms with van der Waals surface area (Å²) in [4.78, 5) is 41.3. The third kappa shape index (κ3) is 13.5. The molecule has 0 bridgehead atoms. The highest BCUT2D eigenvalue weighted by molar-refractivity contribution is 7.92. The minimum Gasteiger partial charge on any atom is -0.492 e. The first-order valence-electron chi connectivity index (χ1n) is 19.5. The van der Waals surface area contributed by atoms with Gasteiger partial charge in [0.15, 0.2) is 14.0 Å². The summed E-state index contributed by atoms with van der Waals surface area (Å²) in [6, 6.07) is 9.11. The standard InChI is InChI=1S/C40H58F4N4O10SSi/c1-14-60(15-2,16-3)58-32(26-17-20-29(41)31(23-26)48(59(13,52)53)36(51)57-39(10,11)12)25-46(34(49)55-37(4,5)6)21-22-54-27-18-19-28-30(24-27)47(35(50)56-38(7,8)9)45-33(28)40(42,43)44/h17-20,23-24,32H,14-16,21-22,25H2,1-13H3/t32-/m0/s1. The highest BCUT2D eigenvalue weighted by Gasteiger charge is 2.40. The zero-order valence-electron chi connectivity index (χ0n) is 36.6. The molecule has 0 aliphatic carbocycles. The van der Waals surface area contributed by atoms with E-state index in [-0.39, 0.29) is 46.2 Å².